The maximum Gasteiger partial charge on any atom is 0.253 e. The van der Waals surface area contributed by atoms with Crippen LogP contribution in [0.3, 0.4) is 0 Å². The summed E-state index contributed by atoms with van der Waals surface area (Å²) in [6.45, 7) is 4.09. The normalized spacial score (nSPS) is 22.7. The molecule has 1 aliphatic heterocycles. The summed E-state index contributed by atoms with van der Waals surface area (Å²) in [7, 11) is 3.81. The summed E-state index contributed by atoms with van der Waals surface area (Å²) < 4.78 is 5.15. The van der Waals surface area contributed by atoms with Crippen LogP contribution in [0.5, 0.6) is 0 Å². The van der Waals surface area contributed by atoms with E-state index >= 15 is 0 Å². The van der Waals surface area contributed by atoms with Crippen molar-refractivity contribution < 1.29 is 14.6 Å². The van der Waals surface area contributed by atoms with Crippen LogP contribution in [0.1, 0.15) is 34.3 Å². The molecule has 2 aliphatic rings. The fourth-order valence-corrected chi connectivity index (χ4v) is 4.42. The Balaban J connectivity index is 1.66. The van der Waals surface area contributed by atoms with E-state index in [0.717, 1.165) is 44.5 Å². The maximum atomic E-state index is 13.1. The first-order valence-corrected chi connectivity index (χ1v) is 9.80. The zero-order valence-corrected chi connectivity index (χ0v) is 16.1. The van der Waals surface area contributed by atoms with Gasteiger partial charge in [-0.05, 0) is 67.8 Å². The van der Waals surface area contributed by atoms with E-state index < -0.39 is 0 Å². The number of aliphatic hydroxyl groups excluding tert-OH is 1. The van der Waals surface area contributed by atoms with Crippen LogP contribution in [0.15, 0.2) is 18.2 Å². The third-order valence-corrected chi connectivity index (χ3v) is 5.76. The number of hydrogen-bond donors (Lipinski definition) is 1. The van der Waals surface area contributed by atoms with Crippen molar-refractivity contribution in [1.82, 2.24) is 9.80 Å². The highest BCUT2D eigenvalue weighted by molar-refractivity contribution is 5.94. The van der Waals surface area contributed by atoms with Gasteiger partial charge in [0.05, 0.1) is 6.61 Å². The number of likely N-dealkylation sites (tertiary alicyclic amines) is 1. The molecule has 0 aromatic heterocycles. The summed E-state index contributed by atoms with van der Waals surface area (Å²) in [5.41, 5.74) is 3.53. The average molecular weight is 360 g/mol. The van der Waals surface area contributed by atoms with E-state index in [0.29, 0.717) is 19.1 Å². The van der Waals surface area contributed by atoms with E-state index in [1.807, 2.05) is 11.0 Å². The Bertz CT molecular complexity index is 619. The van der Waals surface area contributed by atoms with Crippen LogP contribution in [0.2, 0.25) is 0 Å². The number of methoxy groups -OCH3 is 1. The van der Waals surface area contributed by atoms with Crippen molar-refractivity contribution in [2.24, 2.45) is 11.8 Å². The number of carbonyl (C=O) groups excluding carboxylic acids is 1. The van der Waals surface area contributed by atoms with Crippen molar-refractivity contribution in [3.63, 3.8) is 0 Å². The van der Waals surface area contributed by atoms with Crippen molar-refractivity contribution in [2.75, 3.05) is 53.6 Å². The quantitative estimate of drug-likeness (QED) is 0.806. The molecule has 1 fully saturated rings. The zero-order chi connectivity index (χ0) is 18.5. The minimum absolute atomic E-state index is 0.113. The number of benzene rings is 1. The number of carbonyl (C=O) groups is 1. The van der Waals surface area contributed by atoms with Gasteiger partial charge in [0.2, 0.25) is 0 Å². The smallest absolute Gasteiger partial charge is 0.253 e. The van der Waals surface area contributed by atoms with Crippen molar-refractivity contribution >= 4 is 5.91 Å². The Hall–Kier alpha value is -1.43. The van der Waals surface area contributed by atoms with E-state index in [-0.39, 0.29) is 18.4 Å². The van der Waals surface area contributed by atoms with Gasteiger partial charge in [0, 0.05) is 45.5 Å². The number of ether oxygens (including phenoxy) is 1. The van der Waals surface area contributed by atoms with Gasteiger partial charge in [0.15, 0.2) is 0 Å². The zero-order valence-electron chi connectivity index (χ0n) is 16.1. The molecule has 5 nitrogen and oxygen atoms in total. The molecule has 1 saturated heterocycles. The van der Waals surface area contributed by atoms with Crippen LogP contribution in [0, 0.1) is 11.8 Å². The average Bonchev–Trinajstić information content (AvgIpc) is 3.13. The Labute approximate surface area is 156 Å². The molecule has 2 atom stereocenters. The topological polar surface area (TPSA) is 53.0 Å². The van der Waals surface area contributed by atoms with Crippen molar-refractivity contribution in [3.8, 4) is 0 Å². The number of fused-ring (bicyclic) bond motifs is 1. The first-order chi connectivity index (χ1) is 12.6. The highest BCUT2D eigenvalue weighted by Crippen LogP contribution is 2.26. The third-order valence-electron chi connectivity index (χ3n) is 5.76. The summed E-state index contributed by atoms with van der Waals surface area (Å²) >= 11 is 0. The lowest BCUT2D eigenvalue weighted by Gasteiger charge is -2.38. The molecule has 3 rings (SSSR count). The van der Waals surface area contributed by atoms with Gasteiger partial charge < -0.3 is 19.6 Å². The molecular weight excluding hydrogens is 328 g/mol. The molecule has 1 aromatic rings. The van der Waals surface area contributed by atoms with Crippen molar-refractivity contribution in [1.29, 1.82) is 0 Å². The number of piperidine rings is 1. The number of aryl methyl sites for hydroxylation is 2. The largest absolute Gasteiger partial charge is 0.396 e. The minimum Gasteiger partial charge on any atom is -0.396 e. The molecule has 0 spiro atoms. The van der Waals surface area contributed by atoms with Gasteiger partial charge in [-0.25, -0.2) is 0 Å². The Kier molecular flexibility index (Phi) is 6.68. The molecular formula is C21H32N2O3. The lowest BCUT2D eigenvalue weighted by Crippen LogP contribution is -2.47. The van der Waals surface area contributed by atoms with Crippen LogP contribution in [0.4, 0.5) is 0 Å². The predicted octanol–water partition coefficient (Wildman–Crippen LogP) is 1.82. The lowest BCUT2D eigenvalue weighted by atomic mass is 9.88. The number of nitrogens with zero attached hydrogens (tertiary/aromatic N) is 2. The SMILES string of the molecule is COCCN(C)C[C@@H]1C[C@@H](CO)CN(C(=O)c2ccc3c(c2)CCC3)C1. The monoisotopic (exact) mass is 360 g/mol. The second kappa shape index (κ2) is 8.98. The summed E-state index contributed by atoms with van der Waals surface area (Å²) in [6, 6.07) is 6.20. The van der Waals surface area contributed by atoms with E-state index in [1.54, 1.807) is 7.11 Å². The molecule has 0 saturated carbocycles. The van der Waals surface area contributed by atoms with Gasteiger partial charge in [-0.3, -0.25) is 4.79 Å². The van der Waals surface area contributed by atoms with Gasteiger partial charge >= 0.3 is 0 Å². The van der Waals surface area contributed by atoms with Gasteiger partial charge in [-0.2, -0.15) is 0 Å². The first-order valence-electron chi connectivity index (χ1n) is 9.80. The lowest BCUT2D eigenvalue weighted by molar-refractivity contribution is 0.0450. The molecule has 1 aliphatic carbocycles. The van der Waals surface area contributed by atoms with Crippen molar-refractivity contribution in [2.45, 2.75) is 25.7 Å². The van der Waals surface area contributed by atoms with Gasteiger partial charge in [0.1, 0.15) is 0 Å². The molecule has 0 radical (unpaired) electrons. The number of rotatable bonds is 7. The summed E-state index contributed by atoms with van der Waals surface area (Å²) in [5.74, 6) is 0.673. The second-order valence-electron chi connectivity index (χ2n) is 7.95. The highest BCUT2D eigenvalue weighted by atomic mass is 16.5. The van der Waals surface area contributed by atoms with E-state index in [4.69, 9.17) is 4.74 Å². The Morgan fingerprint density at radius 2 is 2.04 bits per heavy atom. The minimum atomic E-state index is 0.113. The summed E-state index contributed by atoms with van der Waals surface area (Å²) in [6.07, 6.45) is 4.39. The second-order valence-corrected chi connectivity index (χ2v) is 7.95. The number of amides is 1. The van der Waals surface area contributed by atoms with Crippen LogP contribution in [0.25, 0.3) is 0 Å². The standard InChI is InChI=1S/C21H32N2O3/c1-22(8-9-26-2)12-16-10-17(15-24)14-23(13-16)21(25)20-7-6-18-4-3-5-19(18)11-20/h6-7,11,16-17,24H,3-5,8-10,12-15H2,1-2H3/t16-,17+/m0/s1. The maximum absolute atomic E-state index is 13.1. The van der Waals surface area contributed by atoms with E-state index in [9.17, 15) is 9.90 Å². The predicted molar refractivity (Wildman–Crippen MR) is 102 cm³/mol. The number of likely N-dealkylation sites (N-methyl/N-ethyl adjacent to an activating group) is 1. The van der Waals surface area contributed by atoms with Gasteiger partial charge in [0.25, 0.3) is 5.91 Å². The number of hydrogen-bond acceptors (Lipinski definition) is 4. The molecule has 1 heterocycles. The molecule has 1 N–H and O–H groups in total. The third kappa shape index (κ3) is 4.64. The fourth-order valence-electron chi connectivity index (χ4n) is 4.42. The summed E-state index contributed by atoms with van der Waals surface area (Å²) in [4.78, 5) is 17.3. The van der Waals surface area contributed by atoms with E-state index in [2.05, 4.69) is 24.1 Å². The van der Waals surface area contributed by atoms with Gasteiger partial charge in [-0.15, -0.1) is 0 Å². The molecule has 1 aromatic carbocycles. The van der Waals surface area contributed by atoms with Gasteiger partial charge in [-0.1, -0.05) is 6.07 Å². The highest BCUT2D eigenvalue weighted by Gasteiger charge is 2.31. The Morgan fingerprint density at radius 1 is 1.27 bits per heavy atom. The van der Waals surface area contributed by atoms with Crippen molar-refractivity contribution in [3.05, 3.63) is 34.9 Å². The van der Waals surface area contributed by atoms with Crippen LogP contribution in [-0.4, -0.2) is 74.4 Å². The Morgan fingerprint density at radius 3 is 2.81 bits per heavy atom. The summed E-state index contributed by atoms with van der Waals surface area (Å²) in [5, 5.41) is 9.71. The van der Waals surface area contributed by atoms with E-state index in [1.165, 1.54) is 17.5 Å². The van der Waals surface area contributed by atoms with Crippen LogP contribution in [-0.2, 0) is 17.6 Å². The molecule has 5 heteroatoms. The molecule has 144 valence electrons. The molecule has 1 amide bonds. The first kappa shape index (κ1) is 19.3. The van der Waals surface area contributed by atoms with Crippen LogP contribution >= 0.6 is 0 Å². The molecule has 0 unspecified atom stereocenters. The number of aliphatic hydroxyl groups is 1. The molecule has 0 bridgehead atoms. The fraction of sp³-hybridized carbons (Fsp3) is 0.667. The molecule has 26 heavy (non-hydrogen) atoms. The van der Waals surface area contributed by atoms with Crippen LogP contribution < -0.4 is 0 Å².